The Morgan fingerprint density at radius 2 is 1.92 bits per heavy atom. The quantitative estimate of drug-likeness (QED) is 0.799. The van der Waals surface area contributed by atoms with E-state index in [9.17, 15) is 0 Å². The van der Waals surface area contributed by atoms with Gasteiger partial charge in [-0.05, 0) is 23.8 Å². The summed E-state index contributed by atoms with van der Waals surface area (Å²) in [5.74, 6) is 1.78. The zero-order chi connectivity index (χ0) is 17.3. The average molecular weight is 324 g/mol. The van der Waals surface area contributed by atoms with Crippen LogP contribution >= 0.6 is 0 Å². The van der Waals surface area contributed by atoms with E-state index >= 15 is 0 Å². The number of nitrogens with zero attached hydrogens (tertiary/aromatic N) is 5. The number of nitrogens with one attached hydrogen (secondary N) is 1. The smallest absolute Gasteiger partial charge is 0.152 e. The Labute approximate surface area is 142 Å². The van der Waals surface area contributed by atoms with E-state index in [4.69, 9.17) is 0 Å². The minimum atomic E-state index is 0.00893. The molecule has 3 aromatic rings. The molecule has 0 saturated carbocycles. The van der Waals surface area contributed by atoms with Crippen molar-refractivity contribution in [1.29, 1.82) is 0 Å². The summed E-state index contributed by atoms with van der Waals surface area (Å²) in [6.45, 7) is 7.17. The van der Waals surface area contributed by atoms with Gasteiger partial charge in [-0.1, -0.05) is 20.8 Å². The molecule has 0 radical (unpaired) electrons. The second kappa shape index (κ2) is 6.11. The topological polar surface area (TPSA) is 58.4 Å². The van der Waals surface area contributed by atoms with E-state index in [0.29, 0.717) is 6.54 Å². The van der Waals surface area contributed by atoms with Gasteiger partial charge in [0.15, 0.2) is 5.82 Å². The largest absolute Gasteiger partial charge is 0.364 e. The third kappa shape index (κ3) is 3.32. The van der Waals surface area contributed by atoms with Gasteiger partial charge in [0.2, 0.25) is 0 Å². The third-order valence-electron chi connectivity index (χ3n) is 3.89. The lowest BCUT2D eigenvalue weighted by molar-refractivity contribution is 0.562. The lowest BCUT2D eigenvalue weighted by atomic mass is 9.92. The summed E-state index contributed by atoms with van der Waals surface area (Å²) >= 11 is 0. The zero-order valence-corrected chi connectivity index (χ0v) is 14.9. The van der Waals surface area contributed by atoms with Crippen LogP contribution in [0.4, 0.5) is 11.6 Å². The van der Waals surface area contributed by atoms with Gasteiger partial charge in [-0.3, -0.25) is 0 Å². The first-order valence-electron chi connectivity index (χ1n) is 8.05. The SMILES string of the molecule is CN(C)c1cc(CNc2nccn3nc(C(C)(C)C)cc23)ccn1. The fourth-order valence-corrected chi connectivity index (χ4v) is 2.43. The molecular weight excluding hydrogens is 300 g/mol. The predicted octanol–water partition coefficient (Wildman–Crippen LogP) is 3.10. The summed E-state index contributed by atoms with van der Waals surface area (Å²) in [4.78, 5) is 10.8. The summed E-state index contributed by atoms with van der Waals surface area (Å²) in [6.07, 6.45) is 5.48. The summed E-state index contributed by atoms with van der Waals surface area (Å²) in [5, 5.41) is 8.07. The second-order valence-corrected chi connectivity index (χ2v) is 7.16. The fourth-order valence-electron chi connectivity index (χ4n) is 2.43. The summed E-state index contributed by atoms with van der Waals surface area (Å²) in [6, 6.07) is 6.19. The molecule has 0 aliphatic heterocycles. The Bertz CT molecular complexity index is 844. The Morgan fingerprint density at radius 1 is 1.12 bits per heavy atom. The van der Waals surface area contributed by atoms with Crippen LogP contribution in [0.5, 0.6) is 0 Å². The molecule has 0 aromatic carbocycles. The van der Waals surface area contributed by atoms with Crippen molar-refractivity contribution in [2.24, 2.45) is 0 Å². The van der Waals surface area contributed by atoms with E-state index in [-0.39, 0.29) is 5.41 Å². The molecule has 6 heteroatoms. The number of hydrogen-bond donors (Lipinski definition) is 1. The molecule has 6 nitrogen and oxygen atoms in total. The van der Waals surface area contributed by atoms with Gasteiger partial charge < -0.3 is 10.2 Å². The molecule has 0 aliphatic rings. The number of fused-ring (bicyclic) bond motifs is 1. The number of rotatable bonds is 4. The van der Waals surface area contributed by atoms with Crippen LogP contribution in [0.25, 0.3) is 5.52 Å². The summed E-state index contributed by atoms with van der Waals surface area (Å²) in [5.41, 5.74) is 3.21. The second-order valence-electron chi connectivity index (χ2n) is 7.16. The molecule has 0 fully saturated rings. The molecule has 0 amide bonds. The fraction of sp³-hybridized carbons (Fsp3) is 0.389. The molecular formula is C18H24N6. The van der Waals surface area contributed by atoms with Gasteiger partial charge in [-0.25, -0.2) is 14.5 Å². The molecule has 0 spiro atoms. The highest BCUT2D eigenvalue weighted by Crippen LogP contribution is 2.24. The standard InChI is InChI=1S/C18H24N6/c1-18(2,3)15-11-14-17(20-8-9-24(14)22-15)21-12-13-6-7-19-16(10-13)23(4)5/h6-11H,12H2,1-5H3,(H,20,21). The van der Waals surface area contributed by atoms with Gasteiger partial charge in [0.1, 0.15) is 11.3 Å². The van der Waals surface area contributed by atoms with Crippen LogP contribution in [-0.4, -0.2) is 33.7 Å². The van der Waals surface area contributed by atoms with E-state index < -0.39 is 0 Å². The highest BCUT2D eigenvalue weighted by Gasteiger charge is 2.19. The van der Waals surface area contributed by atoms with E-state index in [0.717, 1.165) is 28.4 Å². The predicted molar refractivity (Wildman–Crippen MR) is 97.6 cm³/mol. The van der Waals surface area contributed by atoms with Gasteiger partial charge in [0, 0.05) is 44.6 Å². The molecule has 1 N–H and O–H groups in total. The molecule has 3 heterocycles. The van der Waals surface area contributed by atoms with Crippen molar-refractivity contribution in [1.82, 2.24) is 19.6 Å². The van der Waals surface area contributed by atoms with Gasteiger partial charge >= 0.3 is 0 Å². The maximum atomic E-state index is 4.66. The number of anilines is 2. The van der Waals surface area contributed by atoms with Crippen molar-refractivity contribution in [3.63, 3.8) is 0 Å². The van der Waals surface area contributed by atoms with E-state index in [2.05, 4.69) is 53.3 Å². The number of hydrogen-bond acceptors (Lipinski definition) is 5. The van der Waals surface area contributed by atoms with Crippen molar-refractivity contribution in [3.05, 3.63) is 48.0 Å². The molecule has 3 aromatic heterocycles. The molecule has 24 heavy (non-hydrogen) atoms. The van der Waals surface area contributed by atoms with Crippen molar-refractivity contribution in [2.75, 3.05) is 24.3 Å². The van der Waals surface area contributed by atoms with Gasteiger partial charge in [0.25, 0.3) is 0 Å². The minimum Gasteiger partial charge on any atom is -0.364 e. The molecule has 126 valence electrons. The molecule has 0 aliphatic carbocycles. The Hall–Kier alpha value is -2.63. The summed E-state index contributed by atoms with van der Waals surface area (Å²) < 4.78 is 1.88. The van der Waals surface area contributed by atoms with Gasteiger partial charge in [-0.2, -0.15) is 5.10 Å². The Balaban J connectivity index is 1.85. The van der Waals surface area contributed by atoms with Crippen LogP contribution in [0.1, 0.15) is 32.0 Å². The van der Waals surface area contributed by atoms with Crippen LogP contribution in [0, 0.1) is 0 Å². The molecule has 3 rings (SSSR count). The van der Waals surface area contributed by atoms with Crippen LogP contribution in [0.3, 0.4) is 0 Å². The Kier molecular flexibility index (Phi) is 4.13. The first-order chi connectivity index (χ1) is 11.3. The van der Waals surface area contributed by atoms with Crippen LogP contribution in [0.2, 0.25) is 0 Å². The van der Waals surface area contributed by atoms with Crippen LogP contribution in [0.15, 0.2) is 36.8 Å². The van der Waals surface area contributed by atoms with Crippen molar-refractivity contribution >= 4 is 17.2 Å². The lowest BCUT2D eigenvalue weighted by Gasteiger charge is -2.13. The minimum absolute atomic E-state index is 0.00893. The monoisotopic (exact) mass is 324 g/mol. The van der Waals surface area contributed by atoms with Crippen molar-refractivity contribution in [2.45, 2.75) is 32.7 Å². The maximum Gasteiger partial charge on any atom is 0.152 e. The van der Waals surface area contributed by atoms with E-state index in [1.54, 1.807) is 6.20 Å². The molecule has 0 bridgehead atoms. The maximum absolute atomic E-state index is 4.66. The highest BCUT2D eigenvalue weighted by molar-refractivity contribution is 5.68. The lowest BCUT2D eigenvalue weighted by Crippen LogP contribution is -2.11. The van der Waals surface area contributed by atoms with E-state index in [1.807, 2.05) is 42.0 Å². The third-order valence-corrected chi connectivity index (χ3v) is 3.89. The zero-order valence-electron chi connectivity index (χ0n) is 14.9. The van der Waals surface area contributed by atoms with Crippen molar-refractivity contribution in [3.8, 4) is 0 Å². The van der Waals surface area contributed by atoms with Crippen LogP contribution in [-0.2, 0) is 12.0 Å². The van der Waals surface area contributed by atoms with Crippen LogP contribution < -0.4 is 10.2 Å². The molecule has 0 unspecified atom stereocenters. The number of pyridine rings is 1. The molecule has 0 atom stereocenters. The first kappa shape index (κ1) is 16.2. The summed E-state index contributed by atoms with van der Waals surface area (Å²) in [7, 11) is 3.98. The number of aromatic nitrogens is 4. The first-order valence-corrected chi connectivity index (χ1v) is 8.05. The van der Waals surface area contributed by atoms with Gasteiger partial charge in [0.05, 0.1) is 5.69 Å². The normalized spacial score (nSPS) is 11.7. The average Bonchev–Trinajstić information content (AvgIpc) is 2.98. The van der Waals surface area contributed by atoms with E-state index in [1.165, 1.54) is 0 Å². The highest BCUT2D eigenvalue weighted by atomic mass is 15.2. The van der Waals surface area contributed by atoms with Crippen molar-refractivity contribution < 1.29 is 0 Å². The van der Waals surface area contributed by atoms with Gasteiger partial charge in [-0.15, -0.1) is 0 Å². The molecule has 0 saturated heterocycles. The Morgan fingerprint density at radius 3 is 2.62 bits per heavy atom.